The third kappa shape index (κ3) is 6.50. The molecule has 0 radical (unpaired) electrons. The molecule has 5 N–H and O–H groups in total. The smallest absolute Gasteiger partial charge is 0.324 e. The first-order valence-electron chi connectivity index (χ1n) is 6.47. The Hall–Kier alpha value is -3.51. The maximum Gasteiger partial charge on any atom is 0.324 e. The number of hydrogen-bond donors (Lipinski definition) is 3. The second-order valence-corrected chi connectivity index (χ2v) is 4.26. The van der Waals surface area contributed by atoms with Crippen molar-refractivity contribution in [2.45, 2.75) is 19.8 Å². The number of unbranched alkanes of at least 4 members (excludes halogenated alkanes) is 1. The molecule has 13 heteroatoms. The van der Waals surface area contributed by atoms with Crippen molar-refractivity contribution in [3.05, 3.63) is 42.5 Å². The topological polar surface area (TPSA) is 214 Å². The van der Waals surface area contributed by atoms with Gasteiger partial charge in [0.1, 0.15) is 0 Å². The Morgan fingerprint density at radius 1 is 1.08 bits per heavy atom. The monoisotopic (exact) mass is 344 g/mol. The van der Waals surface area contributed by atoms with Crippen molar-refractivity contribution in [2.24, 2.45) is 16.5 Å². The van der Waals surface area contributed by atoms with Gasteiger partial charge in [-0.1, -0.05) is 13.3 Å². The molecule has 1 aromatic rings. The molecule has 13 nitrogen and oxygen atoms in total. The fourth-order valence-corrected chi connectivity index (χ4v) is 1.34. The molecule has 0 aliphatic rings. The van der Waals surface area contributed by atoms with Crippen LogP contribution in [-0.4, -0.2) is 32.4 Å². The average Bonchev–Trinajstić information content (AvgIpc) is 2.47. The molecule has 1 rings (SSSR count). The van der Waals surface area contributed by atoms with E-state index in [2.05, 4.69) is 11.9 Å². The van der Waals surface area contributed by atoms with E-state index in [0.29, 0.717) is 12.1 Å². The number of aliphatic imine (C=N–C) groups is 1. The second-order valence-electron chi connectivity index (χ2n) is 4.26. The molecule has 0 amide bonds. The Labute approximate surface area is 135 Å². The first-order valence-corrected chi connectivity index (χ1v) is 6.47. The van der Waals surface area contributed by atoms with Gasteiger partial charge in [0, 0.05) is 6.54 Å². The summed E-state index contributed by atoms with van der Waals surface area (Å²) in [6.45, 7) is 2.86. The number of rotatable bonds is 6. The third-order valence-corrected chi connectivity index (χ3v) is 2.46. The number of phenolic OH excluding ortho intramolecular Hbond substituents is 1. The maximum absolute atomic E-state index is 10.4. The summed E-state index contributed by atoms with van der Waals surface area (Å²) in [5.74, 6) is -1.01. The van der Waals surface area contributed by atoms with Crippen molar-refractivity contribution in [2.75, 3.05) is 6.54 Å². The van der Waals surface area contributed by atoms with E-state index in [4.69, 9.17) is 16.6 Å². The number of guanidine groups is 1. The Morgan fingerprint density at radius 3 is 1.83 bits per heavy atom. The summed E-state index contributed by atoms with van der Waals surface area (Å²) >= 11 is 0. The van der Waals surface area contributed by atoms with Crippen molar-refractivity contribution < 1.29 is 19.9 Å². The molecule has 24 heavy (non-hydrogen) atoms. The fraction of sp³-hybridized carbons (Fsp3) is 0.364. The summed E-state index contributed by atoms with van der Waals surface area (Å²) in [6, 6.07) is 0.894. The zero-order valence-electron chi connectivity index (χ0n) is 12.6. The summed E-state index contributed by atoms with van der Waals surface area (Å²) in [4.78, 5) is 31.6. The van der Waals surface area contributed by atoms with Crippen LogP contribution in [0.1, 0.15) is 19.8 Å². The van der Waals surface area contributed by atoms with Gasteiger partial charge in [0.05, 0.1) is 26.9 Å². The predicted octanol–water partition coefficient (Wildman–Crippen LogP) is 1.18. The van der Waals surface area contributed by atoms with E-state index in [1.54, 1.807) is 0 Å². The maximum atomic E-state index is 10.4. The van der Waals surface area contributed by atoms with E-state index in [0.717, 1.165) is 19.4 Å². The van der Waals surface area contributed by atoms with Gasteiger partial charge in [-0.25, -0.2) is 0 Å². The van der Waals surface area contributed by atoms with Gasteiger partial charge in [-0.3, -0.25) is 35.3 Å². The number of benzene rings is 1. The van der Waals surface area contributed by atoms with Crippen molar-refractivity contribution in [1.82, 2.24) is 0 Å². The zero-order valence-corrected chi connectivity index (χ0v) is 12.6. The number of non-ortho nitro benzene ring substituents is 1. The highest BCUT2D eigenvalue weighted by atomic mass is 16.6. The molecule has 0 spiro atoms. The van der Waals surface area contributed by atoms with Crippen LogP contribution in [0.2, 0.25) is 0 Å². The van der Waals surface area contributed by atoms with E-state index in [9.17, 15) is 30.3 Å². The molecule has 132 valence electrons. The first-order chi connectivity index (χ1) is 11.1. The lowest BCUT2D eigenvalue weighted by molar-refractivity contribution is -0.404. The van der Waals surface area contributed by atoms with Crippen molar-refractivity contribution in [1.29, 1.82) is 0 Å². The molecule has 0 atom stereocenters. The van der Waals surface area contributed by atoms with Crippen LogP contribution >= 0.6 is 0 Å². The van der Waals surface area contributed by atoms with Crippen molar-refractivity contribution in [3.63, 3.8) is 0 Å². The number of nitrogens with zero attached hydrogens (tertiary/aromatic N) is 4. The van der Waals surface area contributed by atoms with Gasteiger partial charge < -0.3 is 16.6 Å². The van der Waals surface area contributed by atoms with Crippen molar-refractivity contribution in [3.8, 4) is 5.75 Å². The van der Waals surface area contributed by atoms with Gasteiger partial charge in [0.25, 0.3) is 11.4 Å². The summed E-state index contributed by atoms with van der Waals surface area (Å²) < 4.78 is 0. The van der Waals surface area contributed by atoms with Crippen LogP contribution in [0.5, 0.6) is 5.75 Å². The average molecular weight is 344 g/mol. The standard InChI is InChI=1S/C6H3N3O7.C5H13N3/c10-6-4(8(13)14)1-3(7(11)12)2-5(6)9(15)16;1-2-3-4-8-5(6)7/h1-2,10H;2-4H2,1H3,(H4,6,7,8). The number of aromatic hydroxyl groups is 1. The molecule has 0 aliphatic heterocycles. The number of phenols is 1. The van der Waals surface area contributed by atoms with Gasteiger partial charge >= 0.3 is 11.4 Å². The van der Waals surface area contributed by atoms with Gasteiger partial charge in [-0.05, 0) is 6.42 Å². The Bertz CT molecular complexity index is 621. The van der Waals surface area contributed by atoms with Crippen LogP contribution < -0.4 is 11.5 Å². The Kier molecular flexibility index (Phi) is 8.11. The molecule has 0 aliphatic carbocycles. The molecular weight excluding hydrogens is 328 g/mol. The van der Waals surface area contributed by atoms with E-state index < -0.39 is 37.6 Å². The molecule has 0 fully saturated rings. The highest BCUT2D eigenvalue weighted by Crippen LogP contribution is 2.38. The largest absolute Gasteiger partial charge is 0.497 e. The summed E-state index contributed by atoms with van der Waals surface area (Å²) in [7, 11) is 0. The molecule has 0 aromatic heterocycles. The summed E-state index contributed by atoms with van der Waals surface area (Å²) in [5.41, 5.74) is 7.12. The lowest BCUT2D eigenvalue weighted by Gasteiger charge is -1.97. The van der Waals surface area contributed by atoms with E-state index >= 15 is 0 Å². The second kappa shape index (κ2) is 9.50. The van der Waals surface area contributed by atoms with Crippen LogP contribution in [0.4, 0.5) is 17.1 Å². The number of nitro benzene ring substituents is 3. The van der Waals surface area contributed by atoms with Crippen LogP contribution in [-0.2, 0) is 0 Å². The van der Waals surface area contributed by atoms with Crippen LogP contribution in [0.25, 0.3) is 0 Å². The number of nitro groups is 3. The summed E-state index contributed by atoms with van der Waals surface area (Å²) in [6.07, 6.45) is 2.20. The van der Waals surface area contributed by atoms with Gasteiger partial charge in [0.2, 0.25) is 0 Å². The quantitative estimate of drug-likeness (QED) is 0.221. The fourth-order valence-electron chi connectivity index (χ4n) is 1.34. The predicted molar refractivity (Wildman–Crippen MR) is 83.7 cm³/mol. The molecule has 0 bridgehead atoms. The first kappa shape index (κ1) is 20.5. The van der Waals surface area contributed by atoms with Crippen LogP contribution in [0.3, 0.4) is 0 Å². The van der Waals surface area contributed by atoms with E-state index in [-0.39, 0.29) is 5.96 Å². The van der Waals surface area contributed by atoms with E-state index in [1.807, 2.05) is 0 Å². The molecule has 0 heterocycles. The Morgan fingerprint density at radius 2 is 1.54 bits per heavy atom. The summed E-state index contributed by atoms with van der Waals surface area (Å²) in [5, 5.41) is 40.2. The lowest BCUT2D eigenvalue weighted by Crippen LogP contribution is -2.22. The highest BCUT2D eigenvalue weighted by molar-refractivity contribution is 5.75. The minimum absolute atomic E-state index is 0.193. The Balaban J connectivity index is 0.000000561. The normalized spacial score (nSPS) is 9.38. The number of hydrogen-bond acceptors (Lipinski definition) is 8. The number of nitrogens with two attached hydrogens (primary N) is 2. The molecule has 0 saturated heterocycles. The minimum atomic E-state index is -1.21. The lowest BCUT2D eigenvalue weighted by atomic mass is 10.2. The third-order valence-electron chi connectivity index (χ3n) is 2.46. The highest BCUT2D eigenvalue weighted by Gasteiger charge is 2.30. The van der Waals surface area contributed by atoms with Crippen LogP contribution in [0, 0.1) is 30.3 Å². The molecule has 0 unspecified atom stereocenters. The minimum Gasteiger partial charge on any atom is -0.497 e. The molecular formula is C11H16N6O7. The van der Waals surface area contributed by atoms with Crippen LogP contribution in [0.15, 0.2) is 17.1 Å². The van der Waals surface area contributed by atoms with Gasteiger partial charge in [-0.2, -0.15) is 0 Å². The van der Waals surface area contributed by atoms with E-state index in [1.165, 1.54) is 0 Å². The molecule has 0 saturated carbocycles. The molecule has 1 aromatic carbocycles. The zero-order chi connectivity index (χ0) is 18.9. The van der Waals surface area contributed by atoms with Gasteiger partial charge in [-0.15, -0.1) is 0 Å². The SMILES string of the molecule is CCCCN=C(N)N.O=[N+]([O-])c1cc([N+](=O)[O-])c(O)c([N+](=O)[O-])c1. The van der Waals surface area contributed by atoms with Crippen molar-refractivity contribution >= 4 is 23.0 Å². The van der Waals surface area contributed by atoms with Gasteiger partial charge in [0.15, 0.2) is 5.96 Å².